The van der Waals surface area contributed by atoms with E-state index < -0.39 is 11.9 Å². The molecule has 0 aromatic heterocycles. The van der Waals surface area contributed by atoms with Crippen molar-refractivity contribution in [2.24, 2.45) is 0 Å². The van der Waals surface area contributed by atoms with Gasteiger partial charge in [-0.3, -0.25) is 4.90 Å². The van der Waals surface area contributed by atoms with Crippen LogP contribution in [-0.2, 0) is 6.54 Å². The smallest absolute Gasteiger partial charge is 0.165 e. The number of methoxy groups -OCH3 is 1. The van der Waals surface area contributed by atoms with Crippen molar-refractivity contribution in [2.75, 3.05) is 20.7 Å². The van der Waals surface area contributed by atoms with Crippen molar-refractivity contribution in [1.29, 1.82) is 5.26 Å². The highest BCUT2D eigenvalue weighted by atomic mass is 19.1. The molecule has 0 aliphatic heterocycles. The number of rotatable bonds is 6. The number of likely N-dealkylation sites (N-methyl/N-ethyl adjacent to an activating group) is 1. The molecule has 0 aliphatic rings. The molecule has 0 aliphatic carbocycles. The molecule has 1 atom stereocenters. The maximum Gasteiger partial charge on any atom is 0.165 e. The molecular weight excluding hydrogens is 295 g/mol. The van der Waals surface area contributed by atoms with Gasteiger partial charge >= 0.3 is 0 Å². The highest BCUT2D eigenvalue weighted by molar-refractivity contribution is 5.33. The van der Waals surface area contributed by atoms with E-state index >= 15 is 0 Å². The number of nitrogens with zero attached hydrogens (tertiary/aromatic N) is 2. The van der Waals surface area contributed by atoms with Gasteiger partial charge in [0, 0.05) is 13.1 Å². The summed E-state index contributed by atoms with van der Waals surface area (Å²) in [5.41, 5.74) is 2.09. The molecule has 0 spiro atoms. The first-order valence-electron chi connectivity index (χ1n) is 7.22. The van der Waals surface area contributed by atoms with Crippen LogP contribution < -0.4 is 4.74 Å². The van der Waals surface area contributed by atoms with Gasteiger partial charge in [-0.25, -0.2) is 4.39 Å². The molecule has 5 heteroatoms. The summed E-state index contributed by atoms with van der Waals surface area (Å²) in [7, 11) is 3.26. The van der Waals surface area contributed by atoms with Gasteiger partial charge < -0.3 is 9.84 Å². The van der Waals surface area contributed by atoms with Crippen LogP contribution in [0.5, 0.6) is 5.75 Å². The molecule has 0 bridgehead atoms. The third-order valence-corrected chi connectivity index (χ3v) is 3.55. The first-order chi connectivity index (χ1) is 11.0. The minimum absolute atomic E-state index is 0.155. The van der Waals surface area contributed by atoms with Crippen molar-refractivity contribution in [1.82, 2.24) is 4.90 Å². The minimum atomic E-state index is -0.806. The molecule has 23 heavy (non-hydrogen) atoms. The van der Waals surface area contributed by atoms with Crippen molar-refractivity contribution in [3.05, 3.63) is 65.0 Å². The molecule has 2 aromatic carbocycles. The lowest BCUT2D eigenvalue weighted by Crippen LogP contribution is -2.24. The van der Waals surface area contributed by atoms with Crippen molar-refractivity contribution in [3.8, 4) is 11.8 Å². The Morgan fingerprint density at radius 1 is 1.30 bits per heavy atom. The molecule has 2 aromatic rings. The average molecular weight is 314 g/mol. The molecule has 120 valence electrons. The molecule has 0 saturated heterocycles. The lowest BCUT2D eigenvalue weighted by molar-refractivity contribution is 0.123. The van der Waals surface area contributed by atoms with Crippen LogP contribution in [0, 0.1) is 17.1 Å². The summed E-state index contributed by atoms with van der Waals surface area (Å²) >= 11 is 0. The summed E-state index contributed by atoms with van der Waals surface area (Å²) in [6, 6.07) is 13.9. The zero-order valence-electron chi connectivity index (χ0n) is 13.2. The van der Waals surface area contributed by atoms with E-state index in [0.717, 1.165) is 5.56 Å². The SMILES string of the molecule is COc1ccc([C@H](O)CN(C)Cc2cccc(C#N)c2)cc1F. The van der Waals surface area contributed by atoms with Gasteiger partial charge in [-0.1, -0.05) is 18.2 Å². The van der Waals surface area contributed by atoms with E-state index in [1.165, 1.54) is 19.2 Å². The number of aliphatic hydroxyl groups excluding tert-OH is 1. The van der Waals surface area contributed by atoms with E-state index in [9.17, 15) is 9.50 Å². The maximum absolute atomic E-state index is 13.7. The van der Waals surface area contributed by atoms with E-state index in [2.05, 4.69) is 6.07 Å². The predicted molar refractivity (Wildman–Crippen MR) is 85.4 cm³/mol. The lowest BCUT2D eigenvalue weighted by Gasteiger charge is -2.21. The Hall–Kier alpha value is -2.42. The largest absolute Gasteiger partial charge is 0.494 e. The Morgan fingerprint density at radius 3 is 2.74 bits per heavy atom. The van der Waals surface area contributed by atoms with E-state index in [4.69, 9.17) is 10.00 Å². The van der Waals surface area contributed by atoms with Crippen LogP contribution in [0.4, 0.5) is 4.39 Å². The predicted octanol–water partition coefficient (Wildman–Crippen LogP) is 2.87. The van der Waals surface area contributed by atoms with E-state index in [-0.39, 0.29) is 5.75 Å². The van der Waals surface area contributed by atoms with Crippen LogP contribution in [0.3, 0.4) is 0 Å². The molecular formula is C18H19FN2O2. The zero-order valence-corrected chi connectivity index (χ0v) is 13.2. The number of halogens is 1. The summed E-state index contributed by atoms with van der Waals surface area (Å²) < 4.78 is 18.6. The lowest BCUT2D eigenvalue weighted by atomic mass is 10.1. The Morgan fingerprint density at radius 2 is 2.09 bits per heavy atom. The maximum atomic E-state index is 13.7. The first kappa shape index (κ1) is 16.9. The average Bonchev–Trinajstić information content (AvgIpc) is 2.54. The fourth-order valence-electron chi connectivity index (χ4n) is 2.41. The minimum Gasteiger partial charge on any atom is -0.494 e. The van der Waals surface area contributed by atoms with Crippen molar-refractivity contribution < 1.29 is 14.2 Å². The number of benzene rings is 2. The highest BCUT2D eigenvalue weighted by Crippen LogP contribution is 2.22. The van der Waals surface area contributed by atoms with Crippen LogP contribution in [0.15, 0.2) is 42.5 Å². The van der Waals surface area contributed by atoms with Gasteiger partial charge in [-0.05, 0) is 42.4 Å². The second kappa shape index (κ2) is 7.73. The molecule has 0 heterocycles. The van der Waals surface area contributed by atoms with Gasteiger partial charge in [0.25, 0.3) is 0 Å². The molecule has 4 nitrogen and oxygen atoms in total. The van der Waals surface area contributed by atoms with E-state index in [1.54, 1.807) is 12.1 Å². The van der Waals surface area contributed by atoms with Gasteiger partial charge in [0.05, 0.1) is 24.8 Å². The quantitative estimate of drug-likeness (QED) is 0.891. The molecule has 0 saturated carbocycles. The fourth-order valence-corrected chi connectivity index (χ4v) is 2.41. The van der Waals surface area contributed by atoms with E-state index in [1.807, 2.05) is 30.1 Å². The third kappa shape index (κ3) is 4.52. The highest BCUT2D eigenvalue weighted by Gasteiger charge is 2.14. The Labute approximate surface area is 135 Å². The van der Waals surface area contributed by atoms with Crippen LogP contribution in [0.1, 0.15) is 22.8 Å². The van der Waals surface area contributed by atoms with Crippen LogP contribution >= 0.6 is 0 Å². The summed E-state index contributed by atoms with van der Waals surface area (Å²) in [6.07, 6.45) is -0.806. The number of aliphatic hydroxyl groups is 1. The van der Waals surface area contributed by atoms with Crippen LogP contribution in [0.25, 0.3) is 0 Å². The van der Waals surface area contributed by atoms with Crippen LogP contribution in [-0.4, -0.2) is 30.7 Å². The summed E-state index contributed by atoms with van der Waals surface area (Å²) in [4.78, 5) is 1.92. The number of hydrogen-bond acceptors (Lipinski definition) is 4. The van der Waals surface area contributed by atoms with Crippen molar-refractivity contribution >= 4 is 0 Å². The first-order valence-corrected chi connectivity index (χ1v) is 7.22. The second-order valence-corrected chi connectivity index (χ2v) is 5.42. The third-order valence-electron chi connectivity index (χ3n) is 3.55. The fraction of sp³-hybridized carbons (Fsp3) is 0.278. The van der Waals surface area contributed by atoms with Gasteiger partial charge in [-0.15, -0.1) is 0 Å². The van der Waals surface area contributed by atoms with Crippen molar-refractivity contribution in [2.45, 2.75) is 12.6 Å². The Balaban J connectivity index is 2.00. The monoisotopic (exact) mass is 314 g/mol. The Bertz CT molecular complexity index is 712. The zero-order chi connectivity index (χ0) is 16.8. The van der Waals surface area contributed by atoms with E-state index in [0.29, 0.717) is 24.2 Å². The molecule has 0 amide bonds. The second-order valence-electron chi connectivity index (χ2n) is 5.42. The molecule has 0 unspecified atom stereocenters. The molecule has 0 radical (unpaired) electrons. The Kier molecular flexibility index (Phi) is 5.69. The number of ether oxygens (including phenoxy) is 1. The van der Waals surface area contributed by atoms with Gasteiger partial charge in [0.15, 0.2) is 11.6 Å². The summed E-state index contributed by atoms with van der Waals surface area (Å²) in [6.45, 7) is 0.938. The summed E-state index contributed by atoms with van der Waals surface area (Å²) in [5.74, 6) is -0.337. The van der Waals surface area contributed by atoms with Gasteiger partial charge in [0.2, 0.25) is 0 Å². The van der Waals surface area contributed by atoms with Crippen molar-refractivity contribution in [3.63, 3.8) is 0 Å². The molecule has 0 fully saturated rings. The van der Waals surface area contributed by atoms with Gasteiger partial charge in [0.1, 0.15) is 0 Å². The molecule has 1 N–H and O–H groups in total. The number of nitriles is 1. The standard InChI is InChI=1S/C18H19FN2O2/c1-21(11-14-5-3-4-13(8-14)10-20)12-17(22)15-6-7-18(23-2)16(19)9-15/h3-9,17,22H,11-12H2,1-2H3/t17-/m1/s1. The molecule has 2 rings (SSSR count). The van der Waals surface area contributed by atoms with Crippen LogP contribution in [0.2, 0.25) is 0 Å². The normalized spacial score (nSPS) is 12.0. The number of hydrogen-bond donors (Lipinski definition) is 1. The summed E-state index contributed by atoms with van der Waals surface area (Å²) in [5, 5.41) is 19.2. The topological polar surface area (TPSA) is 56.5 Å². The van der Waals surface area contributed by atoms with Gasteiger partial charge in [-0.2, -0.15) is 5.26 Å².